The van der Waals surface area contributed by atoms with Gasteiger partial charge in [0.2, 0.25) is 0 Å². The third kappa shape index (κ3) is 7.11. The van der Waals surface area contributed by atoms with E-state index in [-0.39, 0.29) is 0 Å². The average Bonchev–Trinajstić information content (AvgIpc) is 1.97. The minimum atomic E-state index is 1.13. The van der Waals surface area contributed by atoms with Gasteiger partial charge < -0.3 is 0 Å². The van der Waals surface area contributed by atoms with Crippen molar-refractivity contribution in [2.75, 3.05) is 0 Å². The van der Waals surface area contributed by atoms with Crippen LogP contribution in [0.25, 0.3) is 0 Å². The maximum Gasteiger partial charge on any atom is -0.0310 e. The smallest absolute Gasteiger partial charge is 0.0310 e. The Labute approximate surface area is 70.3 Å². The molecule has 0 aliphatic heterocycles. The Morgan fingerprint density at radius 1 is 1.09 bits per heavy atom. The van der Waals surface area contributed by atoms with E-state index in [1.54, 1.807) is 0 Å². The molecular formula is C11H18. The first kappa shape index (κ1) is 10.2. The summed E-state index contributed by atoms with van der Waals surface area (Å²) < 4.78 is 0. The number of unbranched alkanes of at least 4 members (excludes halogenated alkanes) is 1. The van der Waals surface area contributed by atoms with Crippen molar-refractivity contribution in [1.29, 1.82) is 0 Å². The highest BCUT2D eigenvalue weighted by Crippen LogP contribution is 2.01. The SMILES string of the molecule is C=CC(C)=CCCC=C(C)C. The second kappa shape index (κ2) is 5.96. The van der Waals surface area contributed by atoms with Crippen LogP contribution in [-0.4, -0.2) is 0 Å². The predicted octanol–water partition coefficient (Wildman–Crippen LogP) is 3.87. The van der Waals surface area contributed by atoms with Gasteiger partial charge in [-0.05, 0) is 33.6 Å². The van der Waals surface area contributed by atoms with Crippen molar-refractivity contribution in [3.8, 4) is 0 Å². The molecule has 0 saturated carbocycles. The molecule has 0 aromatic heterocycles. The van der Waals surface area contributed by atoms with Gasteiger partial charge in [0.25, 0.3) is 0 Å². The molecule has 0 N–H and O–H groups in total. The quantitative estimate of drug-likeness (QED) is 0.324. The van der Waals surface area contributed by atoms with Gasteiger partial charge in [0, 0.05) is 0 Å². The molecule has 0 bridgehead atoms. The average molecular weight is 150 g/mol. The van der Waals surface area contributed by atoms with E-state index >= 15 is 0 Å². The van der Waals surface area contributed by atoms with E-state index in [2.05, 4.69) is 39.5 Å². The Morgan fingerprint density at radius 3 is 2.09 bits per heavy atom. The zero-order chi connectivity index (χ0) is 8.69. The van der Waals surface area contributed by atoms with Crippen LogP contribution in [0.5, 0.6) is 0 Å². The number of allylic oxidation sites excluding steroid dienone is 5. The zero-order valence-electron chi connectivity index (χ0n) is 7.85. The van der Waals surface area contributed by atoms with E-state index in [4.69, 9.17) is 0 Å². The van der Waals surface area contributed by atoms with Crippen LogP contribution in [0.2, 0.25) is 0 Å². The van der Waals surface area contributed by atoms with E-state index in [1.807, 2.05) is 6.08 Å². The first-order valence-corrected chi connectivity index (χ1v) is 4.09. The maximum absolute atomic E-state index is 3.69. The molecular weight excluding hydrogens is 132 g/mol. The maximum atomic E-state index is 3.69. The predicted molar refractivity (Wildman–Crippen MR) is 52.6 cm³/mol. The standard InChI is InChI=1S/C11H18/c1-5-11(4)9-7-6-8-10(2)3/h5,8-9H,1,6-7H2,2-4H3. The lowest BCUT2D eigenvalue weighted by Crippen LogP contribution is -1.70. The van der Waals surface area contributed by atoms with Crippen LogP contribution in [0, 0.1) is 0 Å². The Balaban J connectivity index is 3.57. The second-order valence-corrected chi connectivity index (χ2v) is 3.01. The zero-order valence-corrected chi connectivity index (χ0v) is 7.85. The summed E-state index contributed by atoms with van der Waals surface area (Å²) in [6.45, 7) is 10.0. The monoisotopic (exact) mass is 150 g/mol. The minimum absolute atomic E-state index is 1.13. The topological polar surface area (TPSA) is 0 Å². The van der Waals surface area contributed by atoms with E-state index in [0.29, 0.717) is 0 Å². The van der Waals surface area contributed by atoms with Crippen LogP contribution in [0.1, 0.15) is 33.6 Å². The van der Waals surface area contributed by atoms with Gasteiger partial charge in [-0.3, -0.25) is 0 Å². The van der Waals surface area contributed by atoms with Gasteiger partial charge in [0.15, 0.2) is 0 Å². The van der Waals surface area contributed by atoms with Crippen LogP contribution in [-0.2, 0) is 0 Å². The Morgan fingerprint density at radius 2 is 1.64 bits per heavy atom. The van der Waals surface area contributed by atoms with Gasteiger partial charge in [-0.1, -0.05) is 36.0 Å². The fourth-order valence-corrected chi connectivity index (χ4v) is 0.766. The highest BCUT2D eigenvalue weighted by molar-refractivity contribution is 5.12. The van der Waals surface area contributed by atoms with Gasteiger partial charge >= 0.3 is 0 Å². The summed E-state index contributed by atoms with van der Waals surface area (Å²) in [5.41, 5.74) is 2.67. The lowest BCUT2D eigenvalue weighted by Gasteiger charge is -1.91. The molecule has 0 heterocycles. The first-order valence-electron chi connectivity index (χ1n) is 4.09. The van der Waals surface area contributed by atoms with E-state index in [1.165, 1.54) is 11.1 Å². The molecule has 0 amide bonds. The molecule has 0 unspecified atom stereocenters. The van der Waals surface area contributed by atoms with E-state index < -0.39 is 0 Å². The molecule has 0 rings (SSSR count). The number of rotatable bonds is 4. The molecule has 0 heteroatoms. The van der Waals surface area contributed by atoms with Gasteiger partial charge in [-0.2, -0.15) is 0 Å². The normalized spacial score (nSPS) is 11.0. The number of hydrogen-bond acceptors (Lipinski definition) is 0. The van der Waals surface area contributed by atoms with Crippen molar-refractivity contribution in [3.05, 3.63) is 36.0 Å². The molecule has 0 aliphatic rings. The molecule has 0 aromatic carbocycles. The molecule has 0 spiro atoms. The van der Waals surface area contributed by atoms with E-state index in [9.17, 15) is 0 Å². The highest BCUT2D eigenvalue weighted by atomic mass is 13.9. The minimum Gasteiger partial charge on any atom is -0.0988 e. The molecule has 62 valence electrons. The molecule has 0 atom stereocenters. The van der Waals surface area contributed by atoms with Gasteiger partial charge in [-0.15, -0.1) is 0 Å². The third-order valence-electron chi connectivity index (χ3n) is 1.51. The van der Waals surface area contributed by atoms with Crippen molar-refractivity contribution < 1.29 is 0 Å². The van der Waals surface area contributed by atoms with Crippen LogP contribution in [0.3, 0.4) is 0 Å². The largest absolute Gasteiger partial charge is 0.0988 e. The van der Waals surface area contributed by atoms with E-state index in [0.717, 1.165) is 12.8 Å². The summed E-state index contributed by atoms with van der Waals surface area (Å²) >= 11 is 0. The van der Waals surface area contributed by atoms with Gasteiger partial charge in [-0.25, -0.2) is 0 Å². The molecule has 0 aromatic rings. The van der Waals surface area contributed by atoms with Crippen molar-refractivity contribution in [1.82, 2.24) is 0 Å². The molecule has 0 fully saturated rings. The Bertz CT molecular complexity index is 166. The fraction of sp³-hybridized carbons (Fsp3) is 0.455. The van der Waals surface area contributed by atoms with Gasteiger partial charge in [0.1, 0.15) is 0 Å². The highest BCUT2D eigenvalue weighted by Gasteiger charge is 1.81. The van der Waals surface area contributed by atoms with Crippen LogP contribution in [0.4, 0.5) is 0 Å². The molecule has 11 heavy (non-hydrogen) atoms. The van der Waals surface area contributed by atoms with Crippen molar-refractivity contribution in [3.63, 3.8) is 0 Å². The van der Waals surface area contributed by atoms with Crippen molar-refractivity contribution in [2.24, 2.45) is 0 Å². The lowest BCUT2D eigenvalue weighted by atomic mass is 10.2. The van der Waals surface area contributed by atoms with Gasteiger partial charge in [0.05, 0.1) is 0 Å². The van der Waals surface area contributed by atoms with Crippen LogP contribution < -0.4 is 0 Å². The summed E-state index contributed by atoms with van der Waals surface area (Å²) in [6, 6.07) is 0. The molecule has 0 nitrogen and oxygen atoms in total. The second-order valence-electron chi connectivity index (χ2n) is 3.01. The summed E-state index contributed by atoms with van der Waals surface area (Å²) in [4.78, 5) is 0. The van der Waals surface area contributed by atoms with Crippen molar-refractivity contribution >= 4 is 0 Å². The van der Waals surface area contributed by atoms with Crippen molar-refractivity contribution in [2.45, 2.75) is 33.6 Å². The lowest BCUT2D eigenvalue weighted by molar-refractivity contribution is 1.02. The Kier molecular flexibility index (Phi) is 5.54. The summed E-state index contributed by atoms with van der Waals surface area (Å²) in [6.07, 6.45) is 8.64. The molecule has 0 radical (unpaired) electrons. The van der Waals surface area contributed by atoms with Crippen LogP contribution >= 0.6 is 0 Å². The molecule has 0 aliphatic carbocycles. The Hall–Kier alpha value is -0.780. The summed E-state index contributed by atoms with van der Waals surface area (Å²) in [5.74, 6) is 0. The fourth-order valence-electron chi connectivity index (χ4n) is 0.766. The third-order valence-corrected chi connectivity index (χ3v) is 1.51. The number of hydrogen-bond donors (Lipinski definition) is 0. The molecule has 0 saturated heterocycles. The van der Waals surface area contributed by atoms with Crippen LogP contribution in [0.15, 0.2) is 36.0 Å². The summed E-state index contributed by atoms with van der Waals surface area (Å²) in [5, 5.41) is 0. The first-order chi connectivity index (χ1) is 5.16. The summed E-state index contributed by atoms with van der Waals surface area (Å²) in [7, 11) is 0.